The van der Waals surface area contributed by atoms with E-state index in [4.69, 9.17) is 40.7 Å². The molecule has 3 aromatic carbocycles. The van der Waals surface area contributed by atoms with E-state index in [9.17, 15) is 63.6 Å². The van der Waals surface area contributed by atoms with Gasteiger partial charge in [0.1, 0.15) is 41.0 Å². The van der Waals surface area contributed by atoms with E-state index in [1.165, 1.54) is 96.5 Å². The summed E-state index contributed by atoms with van der Waals surface area (Å²) >= 11 is 0. The summed E-state index contributed by atoms with van der Waals surface area (Å²) in [4.78, 5) is 96.5. The summed E-state index contributed by atoms with van der Waals surface area (Å²) in [6.45, 7) is 5.81. The van der Waals surface area contributed by atoms with Crippen molar-refractivity contribution in [1.29, 1.82) is 0 Å². The van der Waals surface area contributed by atoms with Crippen LogP contribution in [0.15, 0.2) is 87.5 Å². The van der Waals surface area contributed by atoms with Gasteiger partial charge in [0.25, 0.3) is 17.7 Å². The zero-order valence-corrected chi connectivity index (χ0v) is 52.7. The number of benzene rings is 3. The first kappa shape index (κ1) is 74.5. The monoisotopic (exact) mass is 1300 g/mol. The van der Waals surface area contributed by atoms with E-state index in [1.807, 2.05) is 0 Å². The van der Waals surface area contributed by atoms with Crippen LogP contribution in [0.2, 0.25) is 0 Å². The number of amides is 9. The van der Waals surface area contributed by atoms with Gasteiger partial charge >= 0.3 is 24.1 Å². The number of carboxylic acids is 1. The standard InChI is InChI=1S/C16H20N4O7S.C14H19N3O5S.C13H21N3O4S.C10H20N2O4/c1-18-15(22)12-4-3-9-19(14(13(21)17-24)20(12)16(18)23)28(25,26)11-7-5-10(27-2)6-8-11;1-17-13(18)12(16-14(17)19)4-3-9-15-23(20,21)11-7-5-10(22-2)6-8-11;1-15-13(17)12(14)4-3-9-16-21(18,19)11-7-5-10(20-2)6-8-11;1-10(2,3)16-9(15)12-7(8(13)14)5-4-6-11/h5-8,12,14,24H,3-4,9H2,1-2H3,(H,17,21);5-8,12,15H,3-4,9H2,1-2H3,(H,16,19);5-8,12,16H,3-4,9,14H2,1-2H3,(H,15,17);7H,4-6,11H2,1-3H3,(H,12,15)(H,13,14)/t12-,14?;;12-;7-/m0.00/s1. The Morgan fingerprint density at radius 2 is 1.22 bits per heavy atom. The summed E-state index contributed by atoms with van der Waals surface area (Å²) in [7, 11) is -2.76. The summed E-state index contributed by atoms with van der Waals surface area (Å²) in [5.74, 6) is -1.68. The molecule has 0 bridgehead atoms. The molecular formula is C53H80N12O20S3. The number of hydrogen-bond acceptors (Lipinski definition) is 21. The predicted molar refractivity (Wildman–Crippen MR) is 315 cm³/mol. The Labute approximate surface area is 511 Å². The molecular weight excluding hydrogens is 1220 g/mol. The number of rotatable bonds is 24. The van der Waals surface area contributed by atoms with Crippen molar-refractivity contribution in [3.63, 3.8) is 0 Å². The number of sulfonamides is 3. The zero-order chi connectivity index (χ0) is 66.3. The number of carbonyl (C=O) groups excluding carboxylic acids is 7. The van der Waals surface area contributed by atoms with E-state index in [2.05, 4.69) is 25.4 Å². The van der Waals surface area contributed by atoms with Crippen molar-refractivity contribution in [2.75, 3.05) is 68.7 Å². The van der Waals surface area contributed by atoms with Crippen molar-refractivity contribution in [3.8, 4) is 17.2 Å². The molecule has 3 aliphatic heterocycles. The van der Waals surface area contributed by atoms with Crippen molar-refractivity contribution in [2.45, 2.75) is 123 Å². The molecule has 3 fully saturated rings. The van der Waals surface area contributed by atoms with Crippen LogP contribution in [0.1, 0.15) is 72.1 Å². The Bertz CT molecular complexity index is 3210. The van der Waals surface area contributed by atoms with Crippen molar-refractivity contribution in [3.05, 3.63) is 72.8 Å². The zero-order valence-electron chi connectivity index (χ0n) is 50.2. The Morgan fingerprint density at radius 3 is 1.64 bits per heavy atom. The highest BCUT2D eigenvalue weighted by atomic mass is 32.2. The van der Waals surface area contributed by atoms with Crippen LogP contribution in [0.3, 0.4) is 0 Å². The number of hydroxylamine groups is 1. The molecule has 12 N–H and O–H groups in total. The Morgan fingerprint density at radius 1 is 0.727 bits per heavy atom. The Kier molecular flexibility index (Phi) is 28.9. The van der Waals surface area contributed by atoms with Gasteiger partial charge in [-0.1, -0.05) is 0 Å². The minimum atomic E-state index is -4.23. The van der Waals surface area contributed by atoms with Crippen molar-refractivity contribution < 1.29 is 92.9 Å². The SMILES string of the molecule is CC(C)(C)OC(=O)N[C@@H](CCCN)C(=O)O.CNC(=O)[C@@H](N)CCCNS(=O)(=O)c1ccc(OC)cc1.COc1ccc(S(=O)(=O)N2CCC[C@H]3C(=O)N(C)C(=O)N3C2C(=O)NO)cc1.COc1ccc(S(=O)(=O)NCCCC2NC(=O)N(C)C2=O)cc1. The molecule has 88 heavy (non-hydrogen) atoms. The number of hydrogen-bond donors (Lipinski definition) is 10. The van der Waals surface area contributed by atoms with Gasteiger partial charge in [-0.2, -0.15) is 4.31 Å². The third-order valence-corrected chi connectivity index (χ3v) is 17.9. The molecule has 3 saturated heterocycles. The molecule has 3 aliphatic rings. The number of carbonyl (C=O) groups is 8. The van der Waals surface area contributed by atoms with Gasteiger partial charge in [-0.15, -0.1) is 0 Å². The molecule has 2 unspecified atom stereocenters. The number of aliphatic carboxylic acids is 1. The van der Waals surface area contributed by atoms with E-state index in [1.54, 1.807) is 45.0 Å². The lowest BCUT2D eigenvalue weighted by atomic mass is 10.1. The van der Waals surface area contributed by atoms with Gasteiger partial charge in [0.05, 0.1) is 42.1 Å². The van der Waals surface area contributed by atoms with Gasteiger partial charge in [-0.3, -0.25) is 39.1 Å². The van der Waals surface area contributed by atoms with Crippen LogP contribution < -0.4 is 56.6 Å². The number of methoxy groups -OCH3 is 3. The van der Waals surface area contributed by atoms with Crippen molar-refractivity contribution in [1.82, 2.24) is 49.9 Å². The number of ether oxygens (including phenoxy) is 4. The van der Waals surface area contributed by atoms with Crippen molar-refractivity contribution in [2.24, 2.45) is 11.5 Å². The van der Waals surface area contributed by atoms with Gasteiger partial charge in [0, 0.05) is 40.8 Å². The number of likely N-dealkylation sites (N-methyl/N-ethyl adjacent to an activating group) is 3. The second-order valence-corrected chi connectivity index (χ2v) is 25.8. The molecule has 9 amide bonds. The van der Waals surface area contributed by atoms with Crippen LogP contribution in [-0.2, 0) is 58.8 Å². The molecule has 0 aliphatic carbocycles. The number of alkyl carbamates (subject to hydrolysis) is 1. The van der Waals surface area contributed by atoms with Gasteiger partial charge in [0.2, 0.25) is 36.0 Å². The lowest BCUT2D eigenvalue weighted by molar-refractivity contribution is -0.140. The van der Waals surface area contributed by atoms with E-state index in [0.717, 1.165) is 19.0 Å². The van der Waals surface area contributed by atoms with Crippen LogP contribution in [0.25, 0.3) is 0 Å². The topological polar surface area (TPSA) is 454 Å². The largest absolute Gasteiger partial charge is 0.497 e. The fourth-order valence-corrected chi connectivity index (χ4v) is 12.1. The molecule has 0 radical (unpaired) electrons. The average Bonchev–Trinajstić information content (AvgIpc) is 1.93. The lowest BCUT2D eigenvalue weighted by Gasteiger charge is -2.34. The number of imide groups is 2. The maximum Gasteiger partial charge on any atom is 0.408 e. The van der Waals surface area contributed by atoms with Crippen LogP contribution in [0, 0.1) is 0 Å². The molecule has 32 nitrogen and oxygen atoms in total. The minimum absolute atomic E-state index is 0.107. The second-order valence-electron chi connectivity index (χ2n) is 20.4. The molecule has 5 atom stereocenters. The number of nitrogens with one attached hydrogen (secondary N) is 6. The summed E-state index contributed by atoms with van der Waals surface area (Å²) < 4.78 is 100. The average molecular weight is 1300 g/mol. The number of urea groups is 2. The molecule has 0 aromatic heterocycles. The number of carboxylic acid groups (broad SMARTS) is 1. The smallest absolute Gasteiger partial charge is 0.408 e. The number of nitrogens with zero attached hydrogens (tertiary/aromatic N) is 4. The Hall–Kier alpha value is -7.77. The minimum Gasteiger partial charge on any atom is -0.497 e. The fraction of sp³-hybridized carbons (Fsp3) is 0.509. The maximum atomic E-state index is 13.2. The highest BCUT2D eigenvalue weighted by Crippen LogP contribution is 2.32. The lowest BCUT2D eigenvalue weighted by Crippen LogP contribution is -2.59. The van der Waals surface area contributed by atoms with Gasteiger partial charge in [0.15, 0.2) is 6.17 Å². The molecule has 35 heteroatoms. The van der Waals surface area contributed by atoms with E-state index in [-0.39, 0.29) is 59.0 Å². The van der Waals surface area contributed by atoms with E-state index in [0.29, 0.717) is 62.3 Å². The third-order valence-electron chi connectivity index (χ3n) is 13.0. The molecule has 490 valence electrons. The number of nitrogens with two attached hydrogens (primary N) is 2. The fourth-order valence-electron chi connectivity index (χ4n) is 8.33. The second kappa shape index (κ2) is 34.1. The summed E-state index contributed by atoms with van der Waals surface area (Å²) in [5, 5.41) is 25.3. The Balaban J connectivity index is 0.000000313. The van der Waals surface area contributed by atoms with Crippen LogP contribution >= 0.6 is 0 Å². The van der Waals surface area contributed by atoms with Gasteiger partial charge < -0.3 is 51.5 Å². The van der Waals surface area contributed by atoms with Gasteiger partial charge in [-0.05, 0) is 151 Å². The van der Waals surface area contributed by atoms with Crippen LogP contribution in [-0.4, -0.2) is 207 Å². The van der Waals surface area contributed by atoms with Crippen LogP contribution in [0.4, 0.5) is 14.4 Å². The normalized spacial score (nSPS) is 17.6. The summed E-state index contributed by atoms with van der Waals surface area (Å²) in [6, 6.07) is 13.3. The first-order valence-corrected chi connectivity index (χ1v) is 31.6. The molecule has 3 heterocycles. The molecule has 0 saturated carbocycles. The molecule has 0 spiro atoms. The highest BCUT2D eigenvalue weighted by Gasteiger charge is 2.54. The summed E-state index contributed by atoms with van der Waals surface area (Å²) in [5.41, 5.74) is 11.7. The van der Waals surface area contributed by atoms with E-state index < -0.39 is 102 Å². The summed E-state index contributed by atoms with van der Waals surface area (Å²) in [6.07, 6.45) is 0.534. The quantitative estimate of drug-likeness (QED) is 0.0251. The molecule has 3 aromatic rings. The van der Waals surface area contributed by atoms with Crippen molar-refractivity contribution >= 4 is 77.8 Å². The first-order valence-electron chi connectivity index (χ1n) is 27.2. The first-order chi connectivity index (χ1) is 41.2. The van der Waals surface area contributed by atoms with Crippen LogP contribution in [0.5, 0.6) is 17.2 Å². The number of fused-ring (bicyclic) bond motifs is 1. The highest BCUT2D eigenvalue weighted by molar-refractivity contribution is 7.90. The van der Waals surface area contributed by atoms with Gasteiger partial charge in [-0.25, -0.2) is 59.4 Å². The molecule has 6 rings (SSSR count). The maximum absolute atomic E-state index is 13.2. The van der Waals surface area contributed by atoms with E-state index >= 15 is 0 Å². The third kappa shape index (κ3) is 21.5. The predicted octanol–water partition coefficient (Wildman–Crippen LogP) is 0.408.